The van der Waals surface area contributed by atoms with Crippen LogP contribution in [0.25, 0.3) is 0 Å². The van der Waals surface area contributed by atoms with Crippen molar-refractivity contribution in [3.05, 3.63) is 58.1 Å². The first-order chi connectivity index (χ1) is 11.4. The zero-order valence-electron chi connectivity index (χ0n) is 13.8. The molecule has 24 heavy (non-hydrogen) atoms. The van der Waals surface area contributed by atoms with Crippen molar-refractivity contribution in [1.29, 1.82) is 5.26 Å². The van der Waals surface area contributed by atoms with Gasteiger partial charge in [-0.3, -0.25) is 0 Å². The van der Waals surface area contributed by atoms with E-state index in [1.807, 2.05) is 39.0 Å². The standard InChI is InChI=1S/C19H18ClNO3/c1-12(2)16-9-17(20)13(3)8-18(16)23-11-19(22)24-15-6-4-14(10-21)5-7-15/h4-9,12H,11H2,1-3H3. The maximum absolute atomic E-state index is 11.9. The number of halogens is 1. The molecule has 0 amide bonds. The van der Waals surface area contributed by atoms with Crippen LogP contribution in [-0.2, 0) is 4.79 Å². The second-order valence-corrected chi connectivity index (χ2v) is 6.10. The van der Waals surface area contributed by atoms with Crippen LogP contribution >= 0.6 is 11.6 Å². The summed E-state index contributed by atoms with van der Waals surface area (Å²) in [5.74, 6) is 0.706. The van der Waals surface area contributed by atoms with Gasteiger partial charge in [0.15, 0.2) is 6.61 Å². The number of nitriles is 1. The van der Waals surface area contributed by atoms with E-state index in [1.54, 1.807) is 24.3 Å². The molecule has 0 aliphatic carbocycles. The Morgan fingerprint density at radius 2 is 1.92 bits per heavy atom. The van der Waals surface area contributed by atoms with Gasteiger partial charge in [0.2, 0.25) is 0 Å². The van der Waals surface area contributed by atoms with Crippen molar-refractivity contribution in [2.24, 2.45) is 0 Å². The van der Waals surface area contributed by atoms with Crippen LogP contribution in [0.3, 0.4) is 0 Å². The monoisotopic (exact) mass is 343 g/mol. The molecule has 0 saturated carbocycles. The minimum atomic E-state index is -0.512. The molecule has 0 aliphatic heterocycles. The highest BCUT2D eigenvalue weighted by molar-refractivity contribution is 6.31. The summed E-state index contributed by atoms with van der Waals surface area (Å²) in [6, 6.07) is 12.0. The predicted octanol–water partition coefficient (Wildman–Crippen LogP) is 4.63. The highest BCUT2D eigenvalue weighted by Crippen LogP contribution is 2.32. The lowest BCUT2D eigenvalue weighted by atomic mass is 10.0. The first kappa shape index (κ1) is 17.8. The van der Waals surface area contributed by atoms with Crippen LogP contribution in [0.4, 0.5) is 0 Å². The molecule has 0 aromatic heterocycles. The van der Waals surface area contributed by atoms with Crippen LogP contribution in [-0.4, -0.2) is 12.6 Å². The van der Waals surface area contributed by atoms with Gasteiger partial charge in [-0.25, -0.2) is 4.79 Å². The Balaban J connectivity index is 2.03. The van der Waals surface area contributed by atoms with Gasteiger partial charge in [-0.2, -0.15) is 5.26 Å². The zero-order chi connectivity index (χ0) is 17.7. The van der Waals surface area contributed by atoms with Crippen molar-refractivity contribution in [2.75, 3.05) is 6.61 Å². The van der Waals surface area contributed by atoms with Crippen LogP contribution < -0.4 is 9.47 Å². The normalized spacial score (nSPS) is 10.3. The second kappa shape index (κ2) is 7.85. The first-order valence-corrected chi connectivity index (χ1v) is 7.92. The minimum absolute atomic E-state index is 0.208. The molecule has 0 aliphatic rings. The molecule has 0 spiro atoms. The van der Waals surface area contributed by atoms with E-state index < -0.39 is 5.97 Å². The summed E-state index contributed by atoms with van der Waals surface area (Å²) in [6.45, 7) is 5.74. The van der Waals surface area contributed by atoms with E-state index >= 15 is 0 Å². The van der Waals surface area contributed by atoms with Gasteiger partial charge >= 0.3 is 5.97 Å². The SMILES string of the molecule is Cc1cc(OCC(=O)Oc2ccc(C#N)cc2)c(C(C)C)cc1Cl. The third-order valence-corrected chi connectivity index (χ3v) is 3.88. The van der Waals surface area contributed by atoms with Crippen LogP contribution in [0.2, 0.25) is 5.02 Å². The molecule has 5 heteroatoms. The molecule has 124 valence electrons. The van der Waals surface area contributed by atoms with Gasteiger partial charge in [-0.15, -0.1) is 0 Å². The molecular weight excluding hydrogens is 326 g/mol. The third-order valence-electron chi connectivity index (χ3n) is 3.47. The molecular formula is C19H18ClNO3. The van der Waals surface area contributed by atoms with Crippen molar-refractivity contribution in [2.45, 2.75) is 26.7 Å². The highest BCUT2D eigenvalue weighted by atomic mass is 35.5. The fraction of sp³-hybridized carbons (Fsp3) is 0.263. The van der Waals surface area contributed by atoms with Gasteiger partial charge in [-0.1, -0.05) is 25.4 Å². The molecule has 0 radical (unpaired) electrons. The van der Waals surface area contributed by atoms with Crippen molar-refractivity contribution >= 4 is 17.6 Å². The first-order valence-electron chi connectivity index (χ1n) is 7.54. The lowest BCUT2D eigenvalue weighted by Crippen LogP contribution is -2.18. The van der Waals surface area contributed by atoms with E-state index in [0.29, 0.717) is 22.1 Å². The van der Waals surface area contributed by atoms with Gasteiger partial charge in [-0.05, 0) is 60.4 Å². The van der Waals surface area contributed by atoms with Gasteiger partial charge in [0.25, 0.3) is 0 Å². The number of hydrogen-bond donors (Lipinski definition) is 0. The fourth-order valence-electron chi connectivity index (χ4n) is 2.14. The van der Waals surface area contributed by atoms with E-state index in [0.717, 1.165) is 11.1 Å². The van der Waals surface area contributed by atoms with Crippen molar-refractivity contribution < 1.29 is 14.3 Å². The van der Waals surface area contributed by atoms with Crippen molar-refractivity contribution in [3.8, 4) is 17.6 Å². The summed E-state index contributed by atoms with van der Waals surface area (Å²) < 4.78 is 10.8. The van der Waals surface area contributed by atoms with Gasteiger partial charge in [0.05, 0.1) is 11.6 Å². The molecule has 0 fully saturated rings. The Labute approximate surface area is 146 Å². The summed E-state index contributed by atoms with van der Waals surface area (Å²) in [7, 11) is 0. The van der Waals surface area contributed by atoms with Crippen molar-refractivity contribution in [3.63, 3.8) is 0 Å². The van der Waals surface area contributed by atoms with Crippen LogP contribution in [0.15, 0.2) is 36.4 Å². The van der Waals surface area contributed by atoms with Crippen LogP contribution in [0, 0.1) is 18.3 Å². The minimum Gasteiger partial charge on any atom is -0.482 e. The Kier molecular flexibility index (Phi) is 5.83. The van der Waals surface area contributed by atoms with Crippen LogP contribution in [0.5, 0.6) is 11.5 Å². The number of hydrogen-bond acceptors (Lipinski definition) is 4. The average molecular weight is 344 g/mol. The van der Waals surface area contributed by atoms with Gasteiger partial charge in [0.1, 0.15) is 11.5 Å². The van der Waals surface area contributed by atoms with E-state index in [-0.39, 0.29) is 12.5 Å². The molecule has 0 bridgehead atoms. The second-order valence-electron chi connectivity index (χ2n) is 5.69. The van der Waals surface area contributed by atoms with E-state index in [1.165, 1.54) is 0 Å². The summed E-state index contributed by atoms with van der Waals surface area (Å²) >= 11 is 6.15. The molecule has 2 aromatic carbocycles. The topological polar surface area (TPSA) is 59.3 Å². The molecule has 2 rings (SSSR count). The molecule has 0 saturated heterocycles. The molecule has 0 atom stereocenters. The molecule has 0 heterocycles. The van der Waals surface area contributed by atoms with Crippen LogP contribution in [0.1, 0.15) is 36.5 Å². The summed E-state index contributed by atoms with van der Waals surface area (Å²) in [5.41, 5.74) is 2.33. The fourth-order valence-corrected chi connectivity index (χ4v) is 2.31. The Bertz CT molecular complexity index is 776. The summed E-state index contributed by atoms with van der Waals surface area (Å²) in [5, 5.41) is 9.42. The largest absolute Gasteiger partial charge is 0.482 e. The summed E-state index contributed by atoms with van der Waals surface area (Å²) in [4.78, 5) is 11.9. The number of benzene rings is 2. The maximum atomic E-state index is 11.9. The zero-order valence-corrected chi connectivity index (χ0v) is 14.6. The smallest absolute Gasteiger partial charge is 0.349 e. The quantitative estimate of drug-likeness (QED) is 0.586. The van der Waals surface area contributed by atoms with E-state index in [9.17, 15) is 4.79 Å². The number of nitrogens with zero attached hydrogens (tertiary/aromatic N) is 1. The Morgan fingerprint density at radius 1 is 1.25 bits per heavy atom. The van der Waals surface area contributed by atoms with E-state index in [2.05, 4.69) is 0 Å². The van der Waals surface area contributed by atoms with Gasteiger partial charge < -0.3 is 9.47 Å². The predicted molar refractivity (Wildman–Crippen MR) is 92.6 cm³/mol. The number of carbonyl (C=O) groups is 1. The maximum Gasteiger partial charge on any atom is 0.349 e. The molecule has 4 nitrogen and oxygen atoms in total. The molecule has 0 N–H and O–H groups in total. The lowest BCUT2D eigenvalue weighted by molar-refractivity contribution is -0.136. The Morgan fingerprint density at radius 3 is 2.50 bits per heavy atom. The Hall–Kier alpha value is -2.51. The number of rotatable bonds is 5. The van der Waals surface area contributed by atoms with Crippen molar-refractivity contribution in [1.82, 2.24) is 0 Å². The highest BCUT2D eigenvalue weighted by Gasteiger charge is 2.13. The average Bonchev–Trinajstić information content (AvgIpc) is 2.56. The summed E-state index contributed by atoms with van der Waals surface area (Å²) in [6.07, 6.45) is 0. The number of esters is 1. The van der Waals surface area contributed by atoms with E-state index in [4.69, 9.17) is 26.3 Å². The number of carbonyl (C=O) groups excluding carboxylic acids is 1. The van der Waals surface area contributed by atoms with Gasteiger partial charge in [0, 0.05) is 5.02 Å². The lowest BCUT2D eigenvalue weighted by Gasteiger charge is -2.15. The third kappa shape index (κ3) is 4.50. The molecule has 2 aromatic rings. The number of aryl methyl sites for hydroxylation is 1. The number of ether oxygens (including phenoxy) is 2. The molecule has 0 unspecified atom stereocenters.